The van der Waals surface area contributed by atoms with Gasteiger partial charge in [-0.25, -0.2) is 0 Å². The molecule has 1 saturated carbocycles. The van der Waals surface area contributed by atoms with Crippen LogP contribution in [0.5, 0.6) is 0 Å². The van der Waals surface area contributed by atoms with Crippen LogP contribution in [-0.2, 0) is 9.53 Å². The molecule has 1 aromatic heterocycles. The molecule has 1 unspecified atom stereocenters. The minimum atomic E-state index is -0.315. The minimum Gasteiger partial charge on any atom is -0.465 e. The molecule has 158 valence electrons. The average Bonchev–Trinajstić information content (AvgIpc) is 3.14. The van der Waals surface area contributed by atoms with Crippen molar-refractivity contribution in [3.63, 3.8) is 0 Å². The molecule has 1 atom stereocenters. The summed E-state index contributed by atoms with van der Waals surface area (Å²) in [5.41, 5.74) is 0.867. The first-order valence-corrected chi connectivity index (χ1v) is 11.9. The Morgan fingerprint density at radius 2 is 1.97 bits per heavy atom. The molecule has 0 bridgehead atoms. The molecule has 1 aliphatic rings. The molecule has 29 heavy (non-hydrogen) atoms. The normalized spacial score (nSPS) is 16.0. The first-order chi connectivity index (χ1) is 14.0. The second kappa shape index (κ2) is 10.7. The maximum atomic E-state index is 12.5. The van der Waals surface area contributed by atoms with E-state index in [1.807, 2.05) is 23.6 Å². The number of hydrogen-bond acceptors (Lipinski definition) is 5. The van der Waals surface area contributed by atoms with Gasteiger partial charge in [0, 0.05) is 5.92 Å². The third-order valence-electron chi connectivity index (χ3n) is 5.14. The van der Waals surface area contributed by atoms with E-state index in [1.54, 1.807) is 6.07 Å². The Kier molecular flexibility index (Phi) is 8.27. The first kappa shape index (κ1) is 22.4. The molecule has 8 heteroatoms. The van der Waals surface area contributed by atoms with E-state index in [1.165, 1.54) is 31.0 Å². The molecule has 3 rings (SSSR count). The van der Waals surface area contributed by atoms with Crippen molar-refractivity contribution < 1.29 is 9.53 Å². The minimum absolute atomic E-state index is 0.206. The zero-order valence-corrected chi connectivity index (χ0v) is 19.2. The van der Waals surface area contributed by atoms with Gasteiger partial charge in [0.1, 0.15) is 11.1 Å². The molecule has 1 aromatic carbocycles. The quantitative estimate of drug-likeness (QED) is 0.338. The number of carbonyl (C=O) groups is 1. The van der Waals surface area contributed by atoms with Crippen LogP contribution < -0.4 is 0 Å². The number of esters is 1. The van der Waals surface area contributed by atoms with Gasteiger partial charge in [-0.3, -0.25) is 9.36 Å². The number of nitrogens with zero attached hydrogens (tertiary/aromatic N) is 3. The van der Waals surface area contributed by atoms with Crippen LogP contribution in [0.3, 0.4) is 0 Å². The lowest BCUT2D eigenvalue weighted by atomic mass is 9.88. The number of rotatable bonds is 8. The summed E-state index contributed by atoms with van der Waals surface area (Å²) in [5.74, 6) is 1.08. The Morgan fingerprint density at radius 3 is 2.62 bits per heavy atom. The lowest BCUT2D eigenvalue weighted by molar-refractivity contribution is -0.142. The fourth-order valence-corrected chi connectivity index (χ4v) is 5.16. The highest BCUT2D eigenvalue weighted by Crippen LogP contribution is 2.37. The second-order valence-electron chi connectivity index (χ2n) is 7.26. The monoisotopic (exact) mass is 455 g/mol. The molecule has 1 aliphatic carbocycles. The maximum Gasteiger partial charge on any atom is 0.319 e. The summed E-state index contributed by atoms with van der Waals surface area (Å²) in [6.45, 7) is 4.25. The third kappa shape index (κ3) is 5.47. The van der Waals surface area contributed by atoms with Crippen molar-refractivity contribution in [3.05, 3.63) is 34.1 Å². The summed E-state index contributed by atoms with van der Waals surface area (Å²) >= 11 is 13.9. The number of halogens is 2. The topological polar surface area (TPSA) is 57.0 Å². The van der Waals surface area contributed by atoms with Gasteiger partial charge in [0.05, 0.1) is 22.3 Å². The van der Waals surface area contributed by atoms with Gasteiger partial charge in [-0.1, -0.05) is 67.6 Å². The Balaban J connectivity index is 2.00. The van der Waals surface area contributed by atoms with E-state index in [0.717, 1.165) is 37.2 Å². The maximum absolute atomic E-state index is 12.5. The number of thioether (sulfide) groups is 1. The van der Waals surface area contributed by atoms with Gasteiger partial charge in [0.25, 0.3) is 0 Å². The standard InChI is InChI=1S/C21H27Cl2N3O2S/c1-3-8-18(20(27)28-4-2)29-21-25-24-19(14-9-6-5-7-10-14)26(21)15-11-12-16(22)17(23)13-15/h11-14,18H,3-10H2,1-2H3. The predicted molar refractivity (Wildman–Crippen MR) is 118 cm³/mol. The average molecular weight is 456 g/mol. The van der Waals surface area contributed by atoms with Gasteiger partial charge in [-0.15, -0.1) is 10.2 Å². The molecule has 1 heterocycles. The largest absolute Gasteiger partial charge is 0.465 e. The lowest BCUT2D eigenvalue weighted by Crippen LogP contribution is -2.21. The number of ether oxygens (including phenoxy) is 1. The summed E-state index contributed by atoms with van der Waals surface area (Å²) in [5, 5.41) is 10.4. The molecule has 0 N–H and O–H groups in total. The molecule has 0 saturated heterocycles. The highest BCUT2D eigenvalue weighted by molar-refractivity contribution is 8.00. The summed E-state index contributed by atoms with van der Waals surface area (Å²) in [7, 11) is 0. The van der Waals surface area contributed by atoms with Gasteiger partial charge in [-0.2, -0.15) is 0 Å². The van der Waals surface area contributed by atoms with E-state index in [2.05, 4.69) is 17.1 Å². The van der Waals surface area contributed by atoms with Crippen LogP contribution in [0, 0.1) is 0 Å². The number of hydrogen-bond donors (Lipinski definition) is 0. The molecular weight excluding hydrogens is 429 g/mol. The summed E-state index contributed by atoms with van der Waals surface area (Å²) < 4.78 is 7.32. The van der Waals surface area contributed by atoms with Gasteiger partial charge >= 0.3 is 5.97 Å². The zero-order chi connectivity index (χ0) is 20.8. The van der Waals surface area contributed by atoms with Gasteiger partial charge in [-0.05, 0) is 44.4 Å². The smallest absolute Gasteiger partial charge is 0.319 e. The molecule has 0 spiro atoms. The second-order valence-corrected chi connectivity index (χ2v) is 9.24. The van der Waals surface area contributed by atoms with E-state index in [4.69, 9.17) is 27.9 Å². The van der Waals surface area contributed by atoms with E-state index in [9.17, 15) is 4.79 Å². The number of carbonyl (C=O) groups excluding carboxylic acids is 1. The van der Waals surface area contributed by atoms with Crippen molar-refractivity contribution in [1.82, 2.24) is 14.8 Å². The van der Waals surface area contributed by atoms with Crippen LogP contribution in [0.2, 0.25) is 10.0 Å². The van der Waals surface area contributed by atoms with Crippen molar-refractivity contribution in [2.45, 2.75) is 75.1 Å². The van der Waals surface area contributed by atoms with E-state index in [-0.39, 0.29) is 11.2 Å². The predicted octanol–water partition coefficient (Wildman–Crippen LogP) is 6.45. The van der Waals surface area contributed by atoms with Crippen LogP contribution in [-0.4, -0.2) is 32.6 Å². The fraction of sp³-hybridized carbons (Fsp3) is 0.571. The van der Waals surface area contributed by atoms with Crippen molar-refractivity contribution in [2.75, 3.05) is 6.61 Å². The van der Waals surface area contributed by atoms with Crippen molar-refractivity contribution in [1.29, 1.82) is 0 Å². The van der Waals surface area contributed by atoms with Crippen LogP contribution >= 0.6 is 35.0 Å². The lowest BCUT2D eigenvalue weighted by Gasteiger charge is -2.22. The van der Waals surface area contributed by atoms with Crippen molar-refractivity contribution in [3.8, 4) is 5.69 Å². The number of benzene rings is 1. The Labute approximate surface area is 186 Å². The highest BCUT2D eigenvalue weighted by Gasteiger charge is 2.28. The first-order valence-electron chi connectivity index (χ1n) is 10.3. The van der Waals surface area contributed by atoms with E-state index in [0.29, 0.717) is 27.7 Å². The van der Waals surface area contributed by atoms with E-state index >= 15 is 0 Å². The highest BCUT2D eigenvalue weighted by atomic mass is 35.5. The van der Waals surface area contributed by atoms with Crippen LogP contribution in [0.25, 0.3) is 5.69 Å². The SMILES string of the molecule is CCCC(Sc1nnc(C2CCCCC2)n1-c1ccc(Cl)c(Cl)c1)C(=O)OCC. The molecular formula is C21H27Cl2N3O2S. The molecule has 0 radical (unpaired) electrons. The van der Waals surface area contributed by atoms with E-state index < -0.39 is 0 Å². The summed E-state index contributed by atoms with van der Waals surface area (Å²) in [4.78, 5) is 12.5. The Morgan fingerprint density at radius 1 is 1.21 bits per heavy atom. The summed E-state index contributed by atoms with van der Waals surface area (Å²) in [6.07, 6.45) is 7.45. The number of aromatic nitrogens is 3. The van der Waals surface area contributed by atoms with Crippen LogP contribution in [0.1, 0.15) is 70.5 Å². The van der Waals surface area contributed by atoms with Crippen molar-refractivity contribution >= 4 is 40.9 Å². The Bertz CT molecular complexity index is 837. The zero-order valence-electron chi connectivity index (χ0n) is 16.9. The molecule has 0 aliphatic heterocycles. The Hall–Kier alpha value is -1.24. The van der Waals surface area contributed by atoms with Gasteiger partial charge in [0.2, 0.25) is 0 Å². The van der Waals surface area contributed by atoms with Crippen LogP contribution in [0.15, 0.2) is 23.4 Å². The molecule has 5 nitrogen and oxygen atoms in total. The molecule has 0 amide bonds. The van der Waals surface area contributed by atoms with Crippen LogP contribution in [0.4, 0.5) is 0 Å². The molecule has 1 fully saturated rings. The van der Waals surface area contributed by atoms with Gasteiger partial charge in [0.15, 0.2) is 5.16 Å². The third-order valence-corrected chi connectivity index (χ3v) is 7.06. The summed E-state index contributed by atoms with van der Waals surface area (Å²) in [6, 6.07) is 5.54. The fourth-order valence-electron chi connectivity index (χ4n) is 3.70. The van der Waals surface area contributed by atoms with Crippen molar-refractivity contribution in [2.24, 2.45) is 0 Å². The van der Waals surface area contributed by atoms with Gasteiger partial charge < -0.3 is 4.74 Å². The molecule has 2 aromatic rings.